The Morgan fingerprint density at radius 1 is 1.00 bits per heavy atom. The summed E-state index contributed by atoms with van der Waals surface area (Å²) in [4.78, 5) is 16.5. The molecule has 0 aliphatic rings. The molecule has 1 amide bonds. The number of aromatic nitrogens is 3. The van der Waals surface area contributed by atoms with Gasteiger partial charge >= 0.3 is 0 Å². The van der Waals surface area contributed by atoms with Gasteiger partial charge in [0.25, 0.3) is 5.91 Å². The molecule has 2 aromatic heterocycles. The predicted molar refractivity (Wildman–Crippen MR) is 127 cm³/mol. The molecule has 4 rings (SSSR count). The molecule has 0 aliphatic carbocycles. The lowest BCUT2D eigenvalue weighted by Gasteiger charge is -2.08. The lowest BCUT2D eigenvalue weighted by atomic mass is 9.98. The van der Waals surface area contributed by atoms with Crippen LogP contribution in [0.1, 0.15) is 22.5 Å². The molecule has 156 valence electrons. The molecule has 0 aliphatic heterocycles. The molecule has 0 spiro atoms. The number of hydrogen-bond acceptors (Lipinski definition) is 3. The Labute approximate surface area is 193 Å². The highest BCUT2D eigenvalue weighted by Crippen LogP contribution is 2.33. The molecule has 2 aromatic carbocycles. The van der Waals surface area contributed by atoms with E-state index in [1.54, 1.807) is 24.5 Å². The molecule has 4 aromatic rings. The van der Waals surface area contributed by atoms with Crippen LogP contribution in [0.2, 0.25) is 0 Å². The molecular weight excluding hydrogens is 506 g/mol. The molecule has 0 radical (unpaired) electrons. The third-order valence-corrected chi connectivity index (χ3v) is 5.88. The summed E-state index contributed by atoms with van der Waals surface area (Å²) in [5.74, 6) is -0.357. The van der Waals surface area contributed by atoms with Crippen LogP contribution in [0.5, 0.6) is 0 Å². The van der Waals surface area contributed by atoms with E-state index in [1.807, 2.05) is 36.4 Å². The zero-order valence-corrected chi connectivity index (χ0v) is 18.8. The van der Waals surface area contributed by atoms with Crippen molar-refractivity contribution in [1.82, 2.24) is 20.5 Å². The third kappa shape index (κ3) is 4.99. The minimum absolute atomic E-state index is 0.0732. The Hall–Kier alpha value is -3.07. The normalized spacial score (nSPS) is 10.8. The van der Waals surface area contributed by atoms with Crippen LogP contribution in [0.15, 0.2) is 73.1 Å². The number of carbonyl (C=O) groups excluding carboxylic acids is 1. The summed E-state index contributed by atoms with van der Waals surface area (Å²) < 4.78 is 14.3. The predicted octanol–water partition coefficient (Wildman–Crippen LogP) is 5.25. The maximum Gasteiger partial charge on any atom is 0.252 e. The number of amides is 1. The highest BCUT2D eigenvalue weighted by atomic mass is 127. The van der Waals surface area contributed by atoms with E-state index in [0.717, 1.165) is 38.1 Å². The number of rotatable bonds is 7. The van der Waals surface area contributed by atoms with E-state index in [9.17, 15) is 9.18 Å². The molecule has 0 atom stereocenters. The number of hydrogen-bond donors (Lipinski definition) is 2. The van der Waals surface area contributed by atoms with Gasteiger partial charge in [0.05, 0.1) is 5.56 Å². The monoisotopic (exact) mass is 526 g/mol. The van der Waals surface area contributed by atoms with Crippen LogP contribution in [0, 0.1) is 9.39 Å². The molecule has 0 unspecified atom stereocenters. The average molecular weight is 526 g/mol. The second-order valence-corrected chi connectivity index (χ2v) is 8.17. The molecule has 0 bridgehead atoms. The Kier molecular flexibility index (Phi) is 6.71. The number of aromatic amines is 1. The summed E-state index contributed by atoms with van der Waals surface area (Å²) in [5.41, 5.74) is 5.21. The van der Waals surface area contributed by atoms with Gasteiger partial charge in [-0.05, 0) is 89.5 Å². The number of carbonyl (C=O) groups is 1. The topological polar surface area (TPSA) is 70.7 Å². The fraction of sp³-hybridized carbons (Fsp3) is 0.125. The van der Waals surface area contributed by atoms with Crippen LogP contribution < -0.4 is 5.32 Å². The molecular formula is C24H20FIN4O. The highest BCUT2D eigenvalue weighted by molar-refractivity contribution is 14.1. The van der Waals surface area contributed by atoms with Gasteiger partial charge in [-0.15, -0.1) is 0 Å². The summed E-state index contributed by atoms with van der Waals surface area (Å²) >= 11 is 2.16. The van der Waals surface area contributed by atoms with Crippen LogP contribution in [0.3, 0.4) is 0 Å². The van der Waals surface area contributed by atoms with E-state index >= 15 is 0 Å². The first kappa shape index (κ1) is 21.2. The number of H-pyrrole nitrogens is 1. The largest absolute Gasteiger partial charge is 0.352 e. The first-order valence-corrected chi connectivity index (χ1v) is 11.0. The molecule has 2 heterocycles. The molecule has 7 heteroatoms. The van der Waals surface area contributed by atoms with Crippen molar-refractivity contribution in [2.24, 2.45) is 0 Å². The molecule has 0 saturated carbocycles. The van der Waals surface area contributed by atoms with Gasteiger partial charge in [0.2, 0.25) is 0 Å². The second kappa shape index (κ2) is 9.82. The molecule has 0 fully saturated rings. The number of nitrogens with zero attached hydrogens (tertiary/aromatic N) is 2. The van der Waals surface area contributed by atoms with Crippen molar-refractivity contribution in [1.29, 1.82) is 0 Å². The first-order valence-electron chi connectivity index (χ1n) is 9.90. The summed E-state index contributed by atoms with van der Waals surface area (Å²) in [6.45, 7) is 0.546. The Balaban J connectivity index is 1.50. The lowest BCUT2D eigenvalue weighted by Crippen LogP contribution is -2.25. The van der Waals surface area contributed by atoms with Crippen LogP contribution in [-0.2, 0) is 6.42 Å². The maximum atomic E-state index is 13.4. The third-order valence-electron chi connectivity index (χ3n) is 4.94. The smallest absolute Gasteiger partial charge is 0.252 e. The van der Waals surface area contributed by atoms with E-state index in [0.29, 0.717) is 18.5 Å². The van der Waals surface area contributed by atoms with E-state index in [1.165, 1.54) is 12.1 Å². The van der Waals surface area contributed by atoms with Crippen molar-refractivity contribution in [3.8, 4) is 22.4 Å². The van der Waals surface area contributed by atoms with Crippen LogP contribution in [-0.4, -0.2) is 27.6 Å². The number of nitrogens with one attached hydrogen (secondary N) is 2. The lowest BCUT2D eigenvalue weighted by molar-refractivity contribution is 0.0952. The number of benzene rings is 2. The standard InChI is InChI=1S/C24H20FIN4O/c25-18-9-7-17(8-10-18)23-22(16-11-14-27-15-12-16)21(29-30-23)6-3-13-28-24(31)19-4-1-2-5-20(19)26/h1-2,4-5,7-12,14-15H,3,6,13H2,(H,28,31)(H,29,30). The molecule has 5 nitrogen and oxygen atoms in total. The van der Waals surface area contributed by atoms with Crippen molar-refractivity contribution in [2.75, 3.05) is 6.54 Å². The quantitative estimate of drug-likeness (QED) is 0.256. The zero-order chi connectivity index (χ0) is 21.6. The highest BCUT2D eigenvalue weighted by Gasteiger charge is 2.17. The number of pyridine rings is 1. The van der Waals surface area contributed by atoms with Crippen LogP contribution in [0.4, 0.5) is 4.39 Å². The van der Waals surface area contributed by atoms with E-state index < -0.39 is 0 Å². The van der Waals surface area contributed by atoms with E-state index in [-0.39, 0.29) is 11.7 Å². The molecule has 31 heavy (non-hydrogen) atoms. The van der Waals surface area contributed by atoms with Gasteiger partial charge in [0.1, 0.15) is 11.5 Å². The maximum absolute atomic E-state index is 13.4. The van der Waals surface area contributed by atoms with Crippen molar-refractivity contribution in [3.63, 3.8) is 0 Å². The summed E-state index contributed by atoms with van der Waals surface area (Å²) in [5, 5.41) is 10.6. The van der Waals surface area contributed by atoms with E-state index in [2.05, 4.69) is 43.1 Å². The zero-order valence-electron chi connectivity index (χ0n) is 16.6. The SMILES string of the molecule is O=C(NCCCc1[nH]nc(-c2ccc(F)cc2)c1-c1ccncc1)c1ccccc1I. The van der Waals surface area contributed by atoms with Gasteiger partial charge in [0.15, 0.2) is 0 Å². The summed E-state index contributed by atoms with van der Waals surface area (Å²) in [6, 6.07) is 17.7. The number of aryl methyl sites for hydroxylation is 1. The van der Waals surface area contributed by atoms with Crippen molar-refractivity contribution in [3.05, 3.63) is 93.7 Å². The fourth-order valence-electron chi connectivity index (χ4n) is 3.41. The van der Waals surface area contributed by atoms with Crippen molar-refractivity contribution < 1.29 is 9.18 Å². The second-order valence-electron chi connectivity index (χ2n) is 7.01. The van der Waals surface area contributed by atoms with Crippen LogP contribution >= 0.6 is 22.6 Å². The van der Waals surface area contributed by atoms with Crippen molar-refractivity contribution >= 4 is 28.5 Å². The Bertz CT molecular complexity index is 1180. The Morgan fingerprint density at radius 2 is 1.74 bits per heavy atom. The summed E-state index contributed by atoms with van der Waals surface area (Å²) in [7, 11) is 0. The fourth-order valence-corrected chi connectivity index (χ4v) is 4.05. The number of halogens is 2. The van der Waals surface area contributed by atoms with Gasteiger partial charge < -0.3 is 5.32 Å². The van der Waals surface area contributed by atoms with Crippen molar-refractivity contribution in [2.45, 2.75) is 12.8 Å². The van der Waals surface area contributed by atoms with Gasteiger partial charge in [-0.2, -0.15) is 5.10 Å². The van der Waals surface area contributed by atoms with E-state index in [4.69, 9.17) is 0 Å². The minimum atomic E-state index is -0.284. The van der Waals surface area contributed by atoms with Crippen LogP contribution in [0.25, 0.3) is 22.4 Å². The first-order chi connectivity index (χ1) is 15.1. The average Bonchev–Trinajstić information content (AvgIpc) is 3.22. The van der Waals surface area contributed by atoms with Gasteiger partial charge in [-0.3, -0.25) is 14.9 Å². The van der Waals surface area contributed by atoms with Gasteiger partial charge in [-0.1, -0.05) is 12.1 Å². The van der Waals surface area contributed by atoms with Gasteiger partial charge in [0, 0.05) is 39.3 Å². The Morgan fingerprint density at radius 3 is 2.48 bits per heavy atom. The summed E-state index contributed by atoms with van der Waals surface area (Å²) in [6.07, 6.45) is 4.93. The van der Waals surface area contributed by atoms with Gasteiger partial charge in [-0.25, -0.2) is 4.39 Å². The molecule has 2 N–H and O–H groups in total. The molecule has 0 saturated heterocycles. The minimum Gasteiger partial charge on any atom is -0.352 e.